The van der Waals surface area contributed by atoms with Crippen LogP contribution in [-0.4, -0.2) is 20.4 Å². The fraction of sp³-hybridized carbons (Fsp3) is 0.278. The number of aryl methyl sites for hydroxylation is 2. The molecule has 1 amide bonds. The molecule has 2 rings (SSSR count). The molecule has 0 atom stereocenters. The maximum Gasteiger partial charge on any atom is 0.261 e. The minimum absolute atomic E-state index is 0.0000483. The van der Waals surface area contributed by atoms with Gasteiger partial charge in [0.15, 0.2) is 0 Å². The maximum atomic E-state index is 12.7. The summed E-state index contributed by atoms with van der Waals surface area (Å²) in [5, 5.41) is 3.07. The summed E-state index contributed by atoms with van der Waals surface area (Å²) in [4.78, 5) is 12.1. The average molecular weight is 381 g/mol. The number of carbonyl (C=O) groups excluding carboxylic acids is 1. The Kier molecular flexibility index (Phi) is 5.75. The molecule has 0 radical (unpaired) electrons. The van der Waals surface area contributed by atoms with E-state index >= 15 is 0 Å². The second-order valence-electron chi connectivity index (χ2n) is 6.20. The van der Waals surface area contributed by atoms with Gasteiger partial charge in [0.25, 0.3) is 15.9 Å². The lowest BCUT2D eigenvalue weighted by Crippen LogP contribution is -2.30. The van der Waals surface area contributed by atoms with Crippen molar-refractivity contribution in [3.8, 4) is 0 Å². The largest absolute Gasteiger partial charge is 0.350 e. The monoisotopic (exact) mass is 380 g/mol. The van der Waals surface area contributed by atoms with E-state index < -0.39 is 10.0 Å². The maximum absolute atomic E-state index is 12.7. The SMILES string of the molecule is Cc1cc(C)c(NS(=O)(=O)c2cccc(C(=O)NC(C)C)c2)c(Cl)c1. The first-order valence-corrected chi connectivity index (χ1v) is 9.67. The Morgan fingerprint density at radius 2 is 1.80 bits per heavy atom. The van der Waals surface area contributed by atoms with Gasteiger partial charge >= 0.3 is 0 Å². The molecule has 0 saturated carbocycles. The summed E-state index contributed by atoms with van der Waals surface area (Å²) in [5.74, 6) is -0.323. The van der Waals surface area contributed by atoms with E-state index in [2.05, 4.69) is 10.0 Å². The Hall–Kier alpha value is -2.05. The van der Waals surface area contributed by atoms with Crippen molar-refractivity contribution in [1.82, 2.24) is 5.32 Å². The third-order valence-corrected chi connectivity index (χ3v) is 5.14. The van der Waals surface area contributed by atoms with E-state index in [1.54, 1.807) is 19.1 Å². The predicted molar refractivity (Wildman–Crippen MR) is 101 cm³/mol. The number of hydrogen-bond acceptors (Lipinski definition) is 3. The number of carbonyl (C=O) groups is 1. The highest BCUT2D eigenvalue weighted by atomic mass is 35.5. The summed E-state index contributed by atoms with van der Waals surface area (Å²) in [5.41, 5.74) is 2.28. The van der Waals surface area contributed by atoms with Crippen LogP contribution in [0, 0.1) is 13.8 Å². The molecule has 0 spiro atoms. The van der Waals surface area contributed by atoms with E-state index in [1.165, 1.54) is 18.2 Å². The van der Waals surface area contributed by atoms with E-state index in [4.69, 9.17) is 11.6 Å². The van der Waals surface area contributed by atoms with E-state index in [-0.39, 0.29) is 22.4 Å². The number of amides is 1. The smallest absolute Gasteiger partial charge is 0.261 e. The molecule has 2 aromatic rings. The van der Waals surface area contributed by atoms with Crippen LogP contribution in [0.1, 0.15) is 35.3 Å². The fourth-order valence-corrected chi connectivity index (χ4v) is 4.01. The number of nitrogens with one attached hydrogen (secondary N) is 2. The van der Waals surface area contributed by atoms with Crippen LogP contribution in [-0.2, 0) is 10.0 Å². The molecule has 0 unspecified atom stereocenters. The number of halogens is 1. The molecule has 0 heterocycles. The van der Waals surface area contributed by atoms with Crippen LogP contribution in [0.3, 0.4) is 0 Å². The van der Waals surface area contributed by atoms with Gasteiger partial charge in [0, 0.05) is 11.6 Å². The molecule has 0 aromatic heterocycles. The molecule has 0 aliphatic carbocycles. The molecule has 5 nitrogen and oxygen atoms in total. The van der Waals surface area contributed by atoms with E-state index in [1.807, 2.05) is 26.8 Å². The predicted octanol–water partition coefficient (Wildman–Crippen LogP) is 3.90. The Morgan fingerprint density at radius 1 is 1.12 bits per heavy atom. The van der Waals surface area contributed by atoms with Crippen LogP contribution < -0.4 is 10.0 Å². The zero-order valence-corrected chi connectivity index (χ0v) is 16.1. The number of sulfonamides is 1. The Labute approximate surface area is 153 Å². The van der Waals surface area contributed by atoms with Gasteiger partial charge in [-0.05, 0) is 63.1 Å². The van der Waals surface area contributed by atoms with Crippen molar-refractivity contribution in [2.24, 2.45) is 0 Å². The van der Waals surface area contributed by atoms with E-state index in [0.717, 1.165) is 11.1 Å². The standard InChI is InChI=1S/C18H21ClN2O3S/c1-11(2)20-18(22)14-6-5-7-15(10-14)25(23,24)21-17-13(4)8-12(3)9-16(17)19/h5-11,21H,1-4H3,(H,20,22). The van der Waals surface area contributed by atoms with Crippen LogP contribution in [0.5, 0.6) is 0 Å². The van der Waals surface area contributed by atoms with Crippen molar-refractivity contribution in [2.75, 3.05) is 4.72 Å². The number of rotatable bonds is 5. The van der Waals surface area contributed by atoms with Crippen LogP contribution >= 0.6 is 11.6 Å². The van der Waals surface area contributed by atoms with Gasteiger partial charge in [-0.15, -0.1) is 0 Å². The molecule has 25 heavy (non-hydrogen) atoms. The zero-order valence-electron chi connectivity index (χ0n) is 14.6. The second-order valence-corrected chi connectivity index (χ2v) is 8.29. The lowest BCUT2D eigenvalue weighted by Gasteiger charge is -2.14. The molecule has 0 aliphatic rings. The molecule has 0 bridgehead atoms. The average Bonchev–Trinajstić information content (AvgIpc) is 2.50. The van der Waals surface area contributed by atoms with Gasteiger partial charge < -0.3 is 5.32 Å². The summed E-state index contributed by atoms with van der Waals surface area (Å²) >= 11 is 6.18. The lowest BCUT2D eigenvalue weighted by molar-refractivity contribution is 0.0943. The topological polar surface area (TPSA) is 75.3 Å². The number of benzene rings is 2. The first-order valence-electron chi connectivity index (χ1n) is 7.80. The normalized spacial score (nSPS) is 11.4. The highest BCUT2D eigenvalue weighted by Crippen LogP contribution is 2.29. The van der Waals surface area contributed by atoms with Crippen molar-refractivity contribution < 1.29 is 13.2 Å². The highest BCUT2D eigenvalue weighted by Gasteiger charge is 2.19. The van der Waals surface area contributed by atoms with Gasteiger partial charge in [-0.25, -0.2) is 8.42 Å². The Balaban J connectivity index is 2.36. The van der Waals surface area contributed by atoms with Gasteiger partial charge in [-0.2, -0.15) is 0 Å². The second kappa shape index (κ2) is 7.45. The van der Waals surface area contributed by atoms with Gasteiger partial charge in [-0.3, -0.25) is 9.52 Å². The molecule has 2 N–H and O–H groups in total. The molecular formula is C18H21ClN2O3S. The van der Waals surface area contributed by atoms with Crippen LogP contribution in [0.15, 0.2) is 41.3 Å². The molecule has 134 valence electrons. The van der Waals surface area contributed by atoms with Crippen LogP contribution in [0.25, 0.3) is 0 Å². The summed E-state index contributed by atoms with van der Waals surface area (Å²) in [6.07, 6.45) is 0. The Bertz CT molecular complexity index is 885. The first-order chi connectivity index (χ1) is 11.6. The number of anilines is 1. The summed E-state index contributed by atoms with van der Waals surface area (Å²) < 4.78 is 27.9. The third-order valence-electron chi connectivity index (χ3n) is 3.49. The van der Waals surface area contributed by atoms with Crippen LogP contribution in [0.2, 0.25) is 5.02 Å². The lowest BCUT2D eigenvalue weighted by atomic mass is 10.1. The summed E-state index contributed by atoms with van der Waals surface area (Å²) in [7, 11) is -3.87. The highest BCUT2D eigenvalue weighted by molar-refractivity contribution is 7.92. The van der Waals surface area contributed by atoms with Crippen molar-refractivity contribution in [1.29, 1.82) is 0 Å². The van der Waals surface area contributed by atoms with Gasteiger partial charge in [0.05, 0.1) is 15.6 Å². The molecule has 0 fully saturated rings. The third kappa shape index (κ3) is 4.74. The minimum atomic E-state index is -3.87. The first kappa shape index (κ1) is 19.3. The summed E-state index contributed by atoms with van der Waals surface area (Å²) in [6, 6.07) is 9.38. The van der Waals surface area contributed by atoms with E-state index in [9.17, 15) is 13.2 Å². The Morgan fingerprint density at radius 3 is 2.40 bits per heavy atom. The molecular weight excluding hydrogens is 360 g/mol. The van der Waals surface area contributed by atoms with Crippen molar-refractivity contribution in [3.05, 3.63) is 58.1 Å². The molecule has 7 heteroatoms. The molecule has 0 aliphatic heterocycles. The number of hydrogen-bond donors (Lipinski definition) is 2. The minimum Gasteiger partial charge on any atom is -0.350 e. The van der Waals surface area contributed by atoms with Crippen molar-refractivity contribution >= 4 is 33.2 Å². The van der Waals surface area contributed by atoms with Gasteiger partial charge in [0.1, 0.15) is 0 Å². The van der Waals surface area contributed by atoms with E-state index in [0.29, 0.717) is 10.7 Å². The molecule has 2 aromatic carbocycles. The van der Waals surface area contributed by atoms with Gasteiger partial charge in [-0.1, -0.05) is 23.7 Å². The zero-order chi connectivity index (χ0) is 18.8. The van der Waals surface area contributed by atoms with Crippen molar-refractivity contribution in [2.45, 2.75) is 38.6 Å². The van der Waals surface area contributed by atoms with Gasteiger partial charge in [0.2, 0.25) is 0 Å². The molecule has 0 saturated heterocycles. The van der Waals surface area contributed by atoms with Crippen molar-refractivity contribution in [3.63, 3.8) is 0 Å². The van der Waals surface area contributed by atoms with Crippen LogP contribution in [0.4, 0.5) is 5.69 Å². The summed E-state index contributed by atoms with van der Waals surface area (Å²) in [6.45, 7) is 7.33. The fourth-order valence-electron chi connectivity index (χ4n) is 2.39. The quantitative estimate of drug-likeness (QED) is 0.826.